The molecule has 1 aromatic heterocycles. The molecule has 9 nitrogen and oxygen atoms in total. The van der Waals surface area contributed by atoms with Crippen LogP contribution in [0.25, 0.3) is 5.69 Å². The molecule has 3 N–H and O–H groups in total. The number of aryl methyl sites for hydroxylation is 1. The van der Waals surface area contributed by atoms with Crippen LogP contribution in [0.15, 0.2) is 48.5 Å². The minimum absolute atomic E-state index is 0. The van der Waals surface area contributed by atoms with Gasteiger partial charge in [-0.25, -0.2) is 18.3 Å². The minimum Gasteiger partial charge on any atom is -0.480 e. The lowest BCUT2D eigenvalue weighted by molar-refractivity contribution is -0.144. The number of nitrogens with one attached hydrogen (secondary N) is 2. The highest BCUT2D eigenvalue weighted by atomic mass is 35.5. The number of methoxy groups -OCH3 is 1. The Kier molecular flexibility index (Phi) is 8.83. The molecule has 0 spiro atoms. The predicted molar refractivity (Wildman–Crippen MR) is 143 cm³/mol. The number of benzene rings is 2. The number of halogens is 3. The number of fused-ring (bicyclic) bond motifs is 1. The van der Waals surface area contributed by atoms with E-state index in [9.17, 15) is 23.5 Å². The highest BCUT2D eigenvalue weighted by molar-refractivity contribution is 5.90. The summed E-state index contributed by atoms with van der Waals surface area (Å²) in [6.45, 7) is 0.350. The second-order valence-electron chi connectivity index (χ2n) is 9.62. The number of aliphatic carboxylic acids is 1. The normalized spacial score (nSPS) is 19.3. The maximum atomic E-state index is 14.1. The zero-order chi connectivity index (χ0) is 26.8. The summed E-state index contributed by atoms with van der Waals surface area (Å²) in [7, 11) is 1.41. The van der Waals surface area contributed by atoms with Crippen molar-refractivity contribution in [2.75, 3.05) is 32.1 Å². The van der Waals surface area contributed by atoms with Crippen LogP contribution in [0.2, 0.25) is 0 Å². The van der Waals surface area contributed by atoms with Crippen LogP contribution in [0, 0.1) is 11.6 Å². The van der Waals surface area contributed by atoms with Gasteiger partial charge in [0, 0.05) is 31.7 Å². The summed E-state index contributed by atoms with van der Waals surface area (Å²) in [5.41, 5.74) is 3.21. The van der Waals surface area contributed by atoms with Crippen LogP contribution < -0.4 is 10.6 Å². The van der Waals surface area contributed by atoms with Crippen LogP contribution in [0.5, 0.6) is 0 Å². The van der Waals surface area contributed by atoms with Gasteiger partial charge in [0.05, 0.1) is 24.0 Å². The quantitative estimate of drug-likeness (QED) is 0.387. The molecular weight excluding hydrogens is 532 g/mol. The number of carbonyl (C=O) groups is 2. The molecule has 39 heavy (non-hydrogen) atoms. The lowest BCUT2D eigenvalue weighted by Gasteiger charge is -2.23. The number of urea groups is 1. The van der Waals surface area contributed by atoms with Gasteiger partial charge in [0.25, 0.3) is 0 Å². The van der Waals surface area contributed by atoms with Crippen molar-refractivity contribution in [3.8, 4) is 5.69 Å². The first kappa shape index (κ1) is 28.5. The Bertz CT molecular complexity index is 1340. The number of para-hydroxylation sites is 1. The van der Waals surface area contributed by atoms with Crippen LogP contribution in [0.1, 0.15) is 29.2 Å². The number of anilines is 1. The lowest BCUT2D eigenvalue weighted by atomic mass is 9.94. The third-order valence-corrected chi connectivity index (χ3v) is 7.23. The Labute approximate surface area is 230 Å². The van der Waals surface area contributed by atoms with Crippen molar-refractivity contribution in [2.45, 2.75) is 37.3 Å². The van der Waals surface area contributed by atoms with Crippen molar-refractivity contribution in [3.05, 3.63) is 77.0 Å². The van der Waals surface area contributed by atoms with Crippen LogP contribution in [-0.2, 0) is 22.4 Å². The standard InChI is InChI=1S/C27H29F2N5O4.ClH/c1-38-15-24(26(35)36)33-13-19(16-10-11-20(28)21(29)12-16)23(14-33)30-27(37)31-25-18-8-5-9-22(18)32-34(25)17-6-3-2-4-7-17;/h2-4,6-7,10-12,19,23-24H,5,8-9,13-15H2,1H3,(H,35,36)(H2,30,31,37);1H/t19-,23+,24?;/m0./s1. The molecule has 2 amide bonds. The molecular formula is C27H30ClF2N5O4. The summed E-state index contributed by atoms with van der Waals surface area (Å²) in [5, 5.41) is 20.4. The van der Waals surface area contributed by atoms with Crippen LogP contribution >= 0.6 is 12.4 Å². The molecule has 12 heteroatoms. The number of carboxylic acids is 1. The number of carboxylic acid groups (broad SMARTS) is 1. The van der Waals surface area contributed by atoms with Crippen LogP contribution in [0.3, 0.4) is 0 Å². The van der Waals surface area contributed by atoms with Gasteiger partial charge >= 0.3 is 12.0 Å². The molecule has 208 valence electrons. The highest BCUT2D eigenvalue weighted by Crippen LogP contribution is 2.32. The zero-order valence-electron chi connectivity index (χ0n) is 21.3. The summed E-state index contributed by atoms with van der Waals surface area (Å²) >= 11 is 0. The lowest BCUT2D eigenvalue weighted by Crippen LogP contribution is -2.46. The molecule has 0 bridgehead atoms. The Morgan fingerprint density at radius 1 is 1.13 bits per heavy atom. The molecule has 1 fully saturated rings. The average Bonchev–Trinajstić information content (AvgIpc) is 3.61. The van der Waals surface area contributed by atoms with E-state index in [0.717, 1.165) is 48.3 Å². The van der Waals surface area contributed by atoms with Gasteiger partial charge in [0.15, 0.2) is 11.6 Å². The molecule has 1 unspecified atom stereocenters. The molecule has 2 aromatic carbocycles. The Hall–Kier alpha value is -3.54. The Balaban J connectivity index is 0.00000353. The van der Waals surface area contributed by atoms with Gasteiger partial charge in [-0.2, -0.15) is 5.10 Å². The van der Waals surface area contributed by atoms with Crippen molar-refractivity contribution in [3.63, 3.8) is 0 Å². The van der Waals surface area contributed by atoms with Crippen LogP contribution in [-0.4, -0.2) is 70.7 Å². The number of likely N-dealkylation sites (tertiary alicyclic amines) is 1. The van der Waals surface area contributed by atoms with Gasteiger partial charge in [-0.05, 0) is 49.1 Å². The van der Waals surface area contributed by atoms with E-state index in [4.69, 9.17) is 9.84 Å². The molecule has 0 saturated carbocycles. The van der Waals surface area contributed by atoms with Gasteiger partial charge < -0.3 is 15.2 Å². The van der Waals surface area contributed by atoms with Crippen LogP contribution in [0.4, 0.5) is 19.4 Å². The zero-order valence-corrected chi connectivity index (χ0v) is 22.1. The van der Waals surface area contributed by atoms with Crippen molar-refractivity contribution < 1.29 is 28.2 Å². The molecule has 5 rings (SSSR count). The molecule has 2 heterocycles. The number of hydrogen-bond acceptors (Lipinski definition) is 5. The number of hydrogen-bond donors (Lipinski definition) is 3. The number of nitrogens with zero attached hydrogens (tertiary/aromatic N) is 3. The maximum absolute atomic E-state index is 14.1. The fraction of sp³-hybridized carbons (Fsp3) is 0.370. The Morgan fingerprint density at radius 3 is 2.59 bits per heavy atom. The van der Waals surface area contributed by atoms with E-state index in [1.165, 1.54) is 13.2 Å². The van der Waals surface area contributed by atoms with E-state index in [-0.39, 0.29) is 32.1 Å². The fourth-order valence-corrected chi connectivity index (χ4v) is 5.39. The number of rotatable bonds is 8. The summed E-state index contributed by atoms with van der Waals surface area (Å²) in [6, 6.07) is 11.1. The first-order chi connectivity index (χ1) is 18.4. The van der Waals surface area contributed by atoms with E-state index >= 15 is 0 Å². The van der Waals surface area contributed by atoms with Gasteiger partial charge in [0.2, 0.25) is 0 Å². The Morgan fingerprint density at radius 2 is 1.90 bits per heavy atom. The SMILES string of the molecule is COCC(C(=O)O)N1C[C@@H](NC(=O)Nc2c3c(nn2-c2ccccc2)CCC3)[C@H](c2ccc(F)c(F)c2)C1.Cl. The molecule has 2 aliphatic rings. The maximum Gasteiger partial charge on any atom is 0.323 e. The van der Waals surface area contributed by atoms with E-state index in [1.807, 2.05) is 30.3 Å². The second kappa shape index (κ2) is 12.1. The van der Waals surface area contributed by atoms with Crippen molar-refractivity contribution >= 4 is 30.2 Å². The van der Waals surface area contributed by atoms with E-state index in [0.29, 0.717) is 11.4 Å². The monoisotopic (exact) mass is 561 g/mol. The second-order valence-corrected chi connectivity index (χ2v) is 9.62. The molecule has 1 saturated heterocycles. The number of amides is 2. The summed E-state index contributed by atoms with van der Waals surface area (Å²) in [6.07, 6.45) is 2.58. The molecule has 1 aliphatic carbocycles. The number of aromatic nitrogens is 2. The van der Waals surface area contributed by atoms with Crippen molar-refractivity contribution in [1.82, 2.24) is 20.0 Å². The number of carbonyl (C=O) groups excluding carboxylic acids is 1. The molecule has 3 atom stereocenters. The largest absolute Gasteiger partial charge is 0.480 e. The fourth-order valence-electron chi connectivity index (χ4n) is 5.39. The van der Waals surface area contributed by atoms with E-state index in [1.54, 1.807) is 9.58 Å². The van der Waals surface area contributed by atoms with Crippen molar-refractivity contribution in [1.29, 1.82) is 0 Å². The predicted octanol–water partition coefficient (Wildman–Crippen LogP) is 3.75. The third-order valence-electron chi connectivity index (χ3n) is 7.23. The summed E-state index contributed by atoms with van der Waals surface area (Å²) in [5.74, 6) is -2.93. The minimum atomic E-state index is -1.07. The summed E-state index contributed by atoms with van der Waals surface area (Å²) < 4.78 is 34.5. The van der Waals surface area contributed by atoms with Gasteiger partial charge in [-0.3, -0.25) is 15.0 Å². The van der Waals surface area contributed by atoms with E-state index in [2.05, 4.69) is 10.6 Å². The average molecular weight is 562 g/mol. The third kappa shape index (κ3) is 5.90. The first-order valence-corrected chi connectivity index (χ1v) is 12.5. The first-order valence-electron chi connectivity index (χ1n) is 12.5. The molecule has 1 aliphatic heterocycles. The molecule has 3 aromatic rings. The molecule has 0 radical (unpaired) electrons. The number of ether oxygens (including phenoxy) is 1. The van der Waals surface area contributed by atoms with Gasteiger partial charge in [0.1, 0.15) is 11.9 Å². The van der Waals surface area contributed by atoms with Gasteiger partial charge in [-0.15, -0.1) is 12.4 Å². The highest BCUT2D eigenvalue weighted by Gasteiger charge is 2.40. The topological polar surface area (TPSA) is 109 Å². The summed E-state index contributed by atoms with van der Waals surface area (Å²) in [4.78, 5) is 26.9. The van der Waals surface area contributed by atoms with Crippen molar-refractivity contribution in [2.24, 2.45) is 0 Å². The van der Waals surface area contributed by atoms with Gasteiger partial charge in [-0.1, -0.05) is 24.3 Å². The smallest absolute Gasteiger partial charge is 0.323 e. The van der Waals surface area contributed by atoms with E-state index < -0.39 is 41.6 Å².